The minimum absolute atomic E-state index is 0.118. The van der Waals surface area contributed by atoms with Gasteiger partial charge in [0.05, 0.1) is 18.3 Å². The Labute approximate surface area is 137 Å². The Morgan fingerprint density at radius 3 is 3.00 bits per heavy atom. The fourth-order valence-electron chi connectivity index (χ4n) is 3.36. The molecule has 2 fully saturated rings. The normalized spacial score (nSPS) is 30.0. The van der Waals surface area contributed by atoms with E-state index >= 15 is 0 Å². The van der Waals surface area contributed by atoms with E-state index in [1.165, 1.54) is 0 Å². The van der Waals surface area contributed by atoms with Gasteiger partial charge >= 0.3 is 0 Å². The average Bonchev–Trinajstić information content (AvgIpc) is 3.06. The molecule has 3 rings (SSSR count). The second-order valence-corrected chi connectivity index (χ2v) is 6.58. The van der Waals surface area contributed by atoms with Gasteiger partial charge in [0.2, 0.25) is 0 Å². The van der Waals surface area contributed by atoms with E-state index in [1.54, 1.807) is 0 Å². The summed E-state index contributed by atoms with van der Waals surface area (Å²) in [5, 5.41) is 13.2. The third-order valence-corrected chi connectivity index (χ3v) is 4.75. The Bertz CT molecular complexity index is 548. The molecule has 0 radical (unpaired) electrons. The van der Waals surface area contributed by atoms with Gasteiger partial charge in [0.25, 0.3) is 5.91 Å². The van der Waals surface area contributed by atoms with Gasteiger partial charge in [-0.1, -0.05) is 12.1 Å². The van der Waals surface area contributed by atoms with Crippen LogP contribution in [0.2, 0.25) is 0 Å². The average molecular weight is 319 g/mol. The van der Waals surface area contributed by atoms with Crippen LogP contribution in [0.4, 0.5) is 0 Å². The first-order valence-corrected chi connectivity index (χ1v) is 8.39. The number of ether oxygens (including phenoxy) is 2. The first-order chi connectivity index (χ1) is 11.1. The molecule has 1 aliphatic carbocycles. The van der Waals surface area contributed by atoms with E-state index in [-0.39, 0.29) is 18.6 Å². The van der Waals surface area contributed by atoms with Crippen molar-refractivity contribution >= 4 is 5.91 Å². The highest BCUT2D eigenvalue weighted by Gasteiger charge is 2.43. The second kappa shape index (κ2) is 6.99. The zero-order chi connectivity index (χ0) is 16.3. The number of rotatable bonds is 6. The molecule has 5 nitrogen and oxygen atoms in total. The van der Waals surface area contributed by atoms with Crippen molar-refractivity contribution in [2.75, 3.05) is 26.4 Å². The molecule has 0 aromatic heterocycles. The maximum atomic E-state index is 12.3. The molecule has 1 unspecified atom stereocenters. The van der Waals surface area contributed by atoms with Gasteiger partial charge in [0.1, 0.15) is 0 Å². The van der Waals surface area contributed by atoms with Crippen molar-refractivity contribution in [1.29, 1.82) is 0 Å². The number of hydrogen-bond acceptors (Lipinski definition) is 4. The molecule has 126 valence electrons. The number of carbonyl (C=O) groups is 1. The van der Waals surface area contributed by atoms with Crippen LogP contribution in [0.15, 0.2) is 24.3 Å². The van der Waals surface area contributed by atoms with Gasteiger partial charge < -0.3 is 19.9 Å². The Kier molecular flexibility index (Phi) is 4.99. The van der Waals surface area contributed by atoms with Crippen LogP contribution in [0, 0.1) is 0 Å². The van der Waals surface area contributed by atoms with Crippen LogP contribution < -0.4 is 5.32 Å². The van der Waals surface area contributed by atoms with Gasteiger partial charge in [-0.25, -0.2) is 0 Å². The Morgan fingerprint density at radius 2 is 2.30 bits per heavy atom. The topological polar surface area (TPSA) is 67.8 Å². The van der Waals surface area contributed by atoms with Crippen LogP contribution in [-0.2, 0) is 9.47 Å². The molecule has 1 heterocycles. The van der Waals surface area contributed by atoms with E-state index < -0.39 is 5.60 Å². The lowest BCUT2D eigenvalue weighted by Crippen LogP contribution is -2.55. The molecule has 1 aromatic carbocycles. The summed E-state index contributed by atoms with van der Waals surface area (Å²) in [4.78, 5) is 12.3. The predicted molar refractivity (Wildman–Crippen MR) is 86.6 cm³/mol. The molecule has 2 N–H and O–H groups in total. The zero-order valence-electron chi connectivity index (χ0n) is 13.6. The molecule has 1 amide bonds. The molecule has 0 bridgehead atoms. The predicted octanol–water partition coefficient (Wildman–Crippen LogP) is 1.85. The van der Waals surface area contributed by atoms with Gasteiger partial charge in [0.15, 0.2) is 0 Å². The van der Waals surface area contributed by atoms with Crippen LogP contribution in [0.5, 0.6) is 0 Å². The number of hydrogen-bond donors (Lipinski definition) is 2. The zero-order valence-corrected chi connectivity index (χ0v) is 13.6. The van der Waals surface area contributed by atoms with E-state index in [4.69, 9.17) is 9.47 Å². The summed E-state index contributed by atoms with van der Waals surface area (Å²) in [7, 11) is 0. The minimum atomic E-state index is -0.827. The smallest absolute Gasteiger partial charge is 0.251 e. The molecule has 5 heteroatoms. The van der Waals surface area contributed by atoms with Gasteiger partial charge in [-0.3, -0.25) is 4.79 Å². The van der Waals surface area contributed by atoms with Crippen molar-refractivity contribution in [1.82, 2.24) is 5.32 Å². The second-order valence-electron chi connectivity index (χ2n) is 6.58. The van der Waals surface area contributed by atoms with Crippen molar-refractivity contribution < 1.29 is 19.4 Å². The van der Waals surface area contributed by atoms with Crippen LogP contribution in [-0.4, -0.2) is 49.1 Å². The quantitative estimate of drug-likeness (QED) is 0.840. The summed E-state index contributed by atoms with van der Waals surface area (Å²) in [6.45, 7) is 4.39. The third-order valence-electron chi connectivity index (χ3n) is 4.75. The summed E-state index contributed by atoms with van der Waals surface area (Å²) in [5.41, 5.74) is 0.958. The maximum Gasteiger partial charge on any atom is 0.251 e. The van der Waals surface area contributed by atoms with Crippen LogP contribution in [0.3, 0.4) is 0 Å². The fraction of sp³-hybridized carbons (Fsp3) is 0.611. The van der Waals surface area contributed by atoms with Gasteiger partial charge in [-0.05, 0) is 31.0 Å². The highest BCUT2D eigenvalue weighted by molar-refractivity contribution is 5.94. The summed E-state index contributed by atoms with van der Waals surface area (Å²) >= 11 is 0. The fourth-order valence-corrected chi connectivity index (χ4v) is 3.36. The lowest BCUT2D eigenvalue weighted by atomic mass is 9.77. The number of carbonyl (C=O) groups excluding carboxylic acids is 1. The number of nitrogens with one attached hydrogen (secondary N) is 1. The molecular formula is C18H25NO4. The van der Waals surface area contributed by atoms with Crippen LogP contribution in [0.25, 0.3) is 0 Å². The van der Waals surface area contributed by atoms with Crippen molar-refractivity contribution in [2.45, 2.75) is 43.8 Å². The summed E-state index contributed by atoms with van der Waals surface area (Å²) in [6.07, 6.45) is 2.29. The number of amides is 1. The molecular weight excluding hydrogens is 294 g/mol. The summed E-state index contributed by atoms with van der Waals surface area (Å²) < 4.78 is 10.9. The van der Waals surface area contributed by atoms with Crippen LogP contribution in [0.1, 0.15) is 48.0 Å². The third kappa shape index (κ3) is 3.91. The number of aliphatic hydroxyl groups is 1. The Balaban J connectivity index is 1.53. The monoisotopic (exact) mass is 319 g/mol. The lowest BCUT2D eigenvalue weighted by Gasteiger charge is -2.43. The Morgan fingerprint density at radius 1 is 1.48 bits per heavy atom. The number of benzene rings is 1. The largest absolute Gasteiger partial charge is 0.388 e. The van der Waals surface area contributed by atoms with E-state index in [0.29, 0.717) is 30.9 Å². The summed E-state index contributed by atoms with van der Waals surface area (Å²) in [6, 6.07) is 7.69. The van der Waals surface area contributed by atoms with Gasteiger partial charge in [0, 0.05) is 44.1 Å². The SMILES string of the molecule is CCOC1CC(O)(CNC(=O)c2cccc(C3CCOC3)c2)C1. The van der Waals surface area contributed by atoms with E-state index in [0.717, 1.165) is 25.2 Å². The molecule has 2 aliphatic rings. The van der Waals surface area contributed by atoms with Crippen molar-refractivity contribution in [3.05, 3.63) is 35.4 Å². The van der Waals surface area contributed by atoms with Gasteiger partial charge in [-0.15, -0.1) is 0 Å². The minimum Gasteiger partial charge on any atom is -0.388 e. The first kappa shape index (κ1) is 16.4. The van der Waals surface area contributed by atoms with Crippen molar-refractivity contribution in [3.8, 4) is 0 Å². The molecule has 23 heavy (non-hydrogen) atoms. The van der Waals surface area contributed by atoms with E-state index in [2.05, 4.69) is 5.32 Å². The molecule has 0 spiro atoms. The van der Waals surface area contributed by atoms with Crippen molar-refractivity contribution in [2.24, 2.45) is 0 Å². The summed E-state index contributed by atoms with van der Waals surface area (Å²) in [5.74, 6) is 0.240. The maximum absolute atomic E-state index is 12.3. The molecule has 1 aromatic rings. The highest BCUT2D eigenvalue weighted by Crippen LogP contribution is 2.34. The highest BCUT2D eigenvalue weighted by atomic mass is 16.5. The Hall–Kier alpha value is -1.43. The molecule has 1 saturated heterocycles. The van der Waals surface area contributed by atoms with E-state index in [1.807, 2.05) is 31.2 Å². The lowest BCUT2D eigenvalue weighted by molar-refractivity contribution is -0.133. The molecule has 1 atom stereocenters. The molecule has 1 saturated carbocycles. The van der Waals surface area contributed by atoms with E-state index in [9.17, 15) is 9.90 Å². The van der Waals surface area contributed by atoms with Crippen molar-refractivity contribution in [3.63, 3.8) is 0 Å². The molecule has 1 aliphatic heterocycles. The standard InChI is InChI=1S/C18H25NO4/c1-2-23-16-9-18(21,10-16)12-19-17(20)14-5-3-4-13(8-14)15-6-7-22-11-15/h3-5,8,15-16,21H,2,6-7,9-12H2,1H3,(H,19,20). The van der Waals surface area contributed by atoms with Gasteiger partial charge in [-0.2, -0.15) is 0 Å². The van der Waals surface area contributed by atoms with Crippen LogP contribution >= 0.6 is 0 Å². The first-order valence-electron chi connectivity index (χ1n) is 8.39.